The highest BCUT2D eigenvalue weighted by atomic mass is 32.2. The van der Waals surface area contributed by atoms with Gasteiger partial charge in [-0.2, -0.15) is 10.3 Å². The summed E-state index contributed by atoms with van der Waals surface area (Å²) in [5.74, 6) is 1.84. The molecule has 1 fully saturated rings. The van der Waals surface area contributed by atoms with E-state index in [2.05, 4.69) is 45.0 Å². The topological polar surface area (TPSA) is 118 Å². The zero-order valence-electron chi connectivity index (χ0n) is 25.7. The number of carbonyl (C=O) groups excluding carboxylic acids is 1. The van der Waals surface area contributed by atoms with E-state index in [0.717, 1.165) is 29.2 Å². The summed E-state index contributed by atoms with van der Waals surface area (Å²) in [4.78, 5) is 23.6. The van der Waals surface area contributed by atoms with E-state index in [1.54, 1.807) is 31.4 Å². The van der Waals surface area contributed by atoms with Crippen molar-refractivity contribution in [2.75, 3.05) is 24.3 Å². The molecule has 0 radical (unpaired) electrons. The third-order valence-corrected chi connectivity index (χ3v) is 8.14. The Morgan fingerprint density at radius 3 is 2.49 bits per heavy atom. The maximum absolute atomic E-state index is 12.9. The number of carbonyl (C=O) groups is 1. The monoisotopic (exact) mass is 661 g/mol. The van der Waals surface area contributed by atoms with Crippen LogP contribution in [0.2, 0.25) is 0 Å². The van der Waals surface area contributed by atoms with E-state index >= 15 is 0 Å². The summed E-state index contributed by atoms with van der Waals surface area (Å²) < 4.78 is 48.0. The Morgan fingerprint density at radius 1 is 1.11 bits per heavy atom. The molecular formula is C33H30F3N7O3S. The number of thioether (sulfide) groups is 1. The maximum atomic E-state index is 12.9. The number of rotatable bonds is 8. The normalized spacial score (nSPS) is 14.6. The standard InChI is InChI=1S/C33H30F3N7O3S/c1-21(2)28-17-27(45-3)13-14-29(28)42-15-4-16-47-32(42)40-31(44)38-19-24(18-37)22-5-7-23(8-6-22)30-39-20-43(41-30)25-9-11-26(12-10-25)46-33(34,35)36/h5-14,17,19-21H,4,15-16H2,1-3H3,(H,38,44)/b24-19+,40-32-. The molecule has 47 heavy (non-hydrogen) atoms. The number of amides is 2. The van der Waals surface area contributed by atoms with Crippen molar-refractivity contribution in [3.05, 3.63) is 90.4 Å². The van der Waals surface area contributed by atoms with Gasteiger partial charge in [0.05, 0.1) is 18.4 Å². The largest absolute Gasteiger partial charge is 0.573 e. The number of nitrogens with one attached hydrogen (secondary N) is 1. The molecule has 0 atom stereocenters. The predicted octanol–water partition coefficient (Wildman–Crippen LogP) is 7.54. The Balaban J connectivity index is 1.27. The molecule has 1 N–H and O–H groups in total. The second kappa shape index (κ2) is 14.4. The first-order valence-electron chi connectivity index (χ1n) is 14.5. The second-order valence-corrected chi connectivity index (χ2v) is 11.6. The van der Waals surface area contributed by atoms with Crippen LogP contribution in [0.5, 0.6) is 11.5 Å². The first kappa shape index (κ1) is 33.1. The van der Waals surface area contributed by atoms with Crippen molar-refractivity contribution in [3.63, 3.8) is 0 Å². The average molecular weight is 662 g/mol. The van der Waals surface area contributed by atoms with Gasteiger partial charge in [-0.3, -0.25) is 0 Å². The number of hydrogen-bond donors (Lipinski definition) is 1. The Hall–Kier alpha value is -5.29. The van der Waals surface area contributed by atoms with Crippen molar-refractivity contribution in [1.82, 2.24) is 20.1 Å². The van der Waals surface area contributed by atoms with E-state index in [-0.39, 0.29) is 17.2 Å². The molecule has 1 aliphatic rings. The minimum absolute atomic E-state index is 0.218. The van der Waals surface area contributed by atoms with E-state index in [1.807, 2.05) is 23.1 Å². The van der Waals surface area contributed by atoms with Gasteiger partial charge in [0, 0.05) is 29.7 Å². The molecule has 10 nitrogen and oxygen atoms in total. The molecule has 0 spiro atoms. The lowest BCUT2D eigenvalue weighted by molar-refractivity contribution is -0.274. The van der Waals surface area contributed by atoms with Crippen LogP contribution in [0.25, 0.3) is 22.6 Å². The van der Waals surface area contributed by atoms with Crippen LogP contribution in [0.1, 0.15) is 37.3 Å². The summed E-state index contributed by atoms with van der Waals surface area (Å²) in [6, 6.07) is 19.5. The van der Waals surface area contributed by atoms with Crippen molar-refractivity contribution < 1.29 is 27.4 Å². The molecule has 1 aromatic heterocycles. The Morgan fingerprint density at radius 2 is 1.83 bits per heavy atom. The fraction of sp³-hybridized carbons (Fsp3) is 0.242. The summed E-state index contributed by atoms with van der Waals surface area (Å²) in [5, 5.41) is 17.4. The summed E-state index contributed by atoms with van der Waals surface area (Å²) in [6.07, 6.45) is -1.08. The molecule has 0 bridgehead atoms. The van der Waals surface area contributed by atoms with Crippen LogP contribution in [-0.4, -0.2) is 51.7 Å². The van der Waals surface area contributed by atoms with Crippen LogP contribution >= 0.6 is 11.8 Å². The summed E-state index contributed by atoms with van der Waals surface area (Å²) in [6.45, 7) is 4.92. The van der Waals surface area contributed by atoms with Gasteiger partial charge in [-0.05, 0) is 65.9 Å². The van der Waals surface area contributed by atoms with Gasteiger partial charge in [0.1, 0.15) is 23.9 Å². The van der Waals surface area contributed by atoms with Gasteiger partial charge in [0.15, 0.2) is 11.0 Å². The number of urea groups is 1. The number of anilines is 1. The lowest BCUT2D eigenvalue weighted by Crippen LogP contribution is -2.36. The number of hydrogen-bond acceptors (Lipinski definition) is 7. The Bertz CT molecular complexity index is 1830. The Labute approximate surface area is 273 Å². The van der Waals surface area contributed by atoms with Gasteiger partial charge >= 0.3 is 12.4 Å². The number of ether oxygens (including phenoxy) is 2. The molecule has 2 amide bonds. The molecule has 5 rings (SSSR count). The fourth-order valence-corrected chi connectivity index (χ4v) is 5.74. The van der Waals surface area contributed by atoms with Gasteiger partial charge in [0.2, 0.25) is 0 Å². The summed E-state index contributed by atoms with van der Waals surface area (Å²) in [5.41, 5.74) is 3.97. The smallest absolute Gasteiger partial charge is 0.497 e. The average Bonchev–Trinajstić information content (AvgIpc) is 3.55. The molecule has 3 aromatic carbocycles. The first-order chi connectivity index (χ1) is 22.5. The molecule has 0 saturated carbocycles. The number of aliphatic imine (C=N–C) groups is 1. The van der Waals surface area contributed by atoms with Gasteiger partial charge in [-0.15, -0.1) is 18.3 Å². The van der Waals surface area contributed by atoms with Crippen molar-refractivity contribution in [1.29, 1.82) is 5.26 Å². The zero-order valence-corrected chi connectivity index (χ0v) is 26.5. The molecule has 0 unspecified atom stereocenters. The van der Waals surface area contributed by atoms with Gasteiger partial charge < -0.3 is 19.7 Å². The molecule has 242 valence electrons. The van der Waals surface area contributed by atoms with Gasteiger partial charge in [-0.25, -0.2) is 14.5 Å². The van der Waals surface area contributed by atoms with Gasteiger partial charge in [0.25, 0.3) is 0 Å². The van der Waals surface area contributed by atoms with Crippen molar-refractivity contribution in [2.24, 2.45) is 4.99 Å². The predicted molar refractivity (Wildman–Crippen MR) is 175 cm³/mol. The van der Waals surface area contributed by atoms with Crippen LogP contribution in [-0.2, 0) is 0 Å². The maximum Gasteiger partial charge on any atom is 0.573 e. The molecule has 14 heteroatoms. The number of nitriles is 1. The van der Waals surface area contributed by atoms with Crippen LogP contribution in [0.3, 0.4) is 0 Å². The third kappa shape index (κ3) is 8.30. The summed E-state index contributed by atoms with van der Waals surface area (Å²) in [7, 11) is 1.63. The minimum atomic E-state index is -4.78. The summed E-state index contributed by atoms with van der Waals surface area (Å²) >= 11 is 1.50. The van der Waals surface area contributed by atoms with Crippen molar-refractivity contribution in [2.45, 2.75) is 32.5 Å². The quantitative estimate of drug-likeness (QED) is 0.193. The van der Waals surface area contributed by atoms with Crippen LogP contribution in [0.4, 0.5) is 23.7 Å². The highest BCUT2D eigenvalue weighted by Crippen LogP contribution is 2.35. The van der Waals surface area contributed by atoms with E-state index in [9.17, 15) is 23.2 Å². The van der Waals surface area contributed by atoms with E-state index in [1.165, 1.54) is 53.2 Å². The van der Waals surface area contributed by atoms with Crippen molar-refractivity contribution in [3.8, 4) is 34.6 Å². The molecular weight excluding hydrogens is 631 g/mol. The van der Waals surface area contributed by atoms with Gasteiger partial charge in [-0.1, -0.05) is 49.9 Å². The number of allylic oxidation sites excluding steroid dienone is 1. The lowest BCUT2D eigenvalue weighted by Gasteiger charge is -2.32. The number of alkyl halides is 3. The van der Waals surface area contributed by atoms with Crippen molar-refractivity contribution >= 4 is 34.2 Å². The first-order valence-corrected chi connectivity index (χ1v) is 15.5. The highest BCUT2D eigenvalue weighted by Gasteiger charge is 2.31. The lowest BCUT2D eigenvalue weighted by atomic mass is 10.00. The van der Waals surface area contributed by atoms with Crippen LogP contribution in [0, 0.1) is 11.3 Å². The van der Waals surface area contributed by atoms with Crippen LogP contribution in [0.15, 0.2) is 84.2 Å². The molecule has 1 saturated heterocycles. The van der Waals surface area contributed by atoms with E-state index in [4.69, 9.17) is 4.74 Å². The third-order valence-electron chi connectivity index (χ3n) is 7.07. The van der Waals surface area contributed by atoms with E-state index < -0.39 is 12.4 Å². The zero-order chi connectivity index (χ0) is 33.6. The molecule has 4 aromatic rings. The van der Waals surface area contributed by atoms with E-state index in [0.29, 0.717) is 34.4 Å². The SMILES string of the molecule is COc1ccc(N2CCCS/C2=N\C(=O)N/C=C(\C#N)c2ccc(-c3ncn(-c4ccc(OC(F)(F)F)cc4)n3)cc2)c(C(C)C)c1. The number of benzene rings is 3. The second-order valence-electron chi connectivity index (χ2n) is 10.6. The molecule has 1 aliphatic heterocycles. The number of nitrogens with zero attached hydrogens (tertiary/aromatic N) is 6. The number of halogens is 3. The minimum Gasteiger partial charge on any atom is -0.497 e. The number of methoxy groups -OCH3 is 1. The number of amidine groups is 1. The fourth-order valence-electron chi connectivity index (χ4n) is 4.80. The molecule has 0 aliphatic carbocycles. The Kier molecular flexibility index (Phi) is 10.2. The number of aromatic nitrogens is 3. The van der Waals surface area contributed by atoms with Crippen LogP contribution < -0.4 is 19.7 Å². The molecule has 2 heterocycles. The highest BCUT2D eigenvalue weighted by molar-refractivity contribution is 8.14.